The number of hydrogen-bond acceptors (Lipinski definition) is 4. The minimum absolute atomic E-state index is 0.677. The second-order valence-corrected chi connectivity index (χ2v) is 5.35. The van der Waals surface area contributed by atoms with Gasteiger partial charge in [-0.3, -0.25) is 0 Å². The monoisotopic (exact) mass is 284 g/mol. The standard InChI is InChI=1S/C17H24N4/c1-4-5-12-21(3)16-10-11-18-17(20-16)19-13-15-8-6-14(2)7-9-15/h6-11H,4-5,12-13H2,1-3H3,(H,18,19,20). The van der Waals surface area contributed by atoms with Gasteiger partial charge >= 0.3 is 0 Å². The summed E-state index contributed by atoms with van der Waals surface area (Å²) in [4.78, 5) is 11.0. The molecule has 112 valence electrons. The zero-order chi connectivity index (χ0) is 15.1. The quantitative estimate of drug-likeness (QED) is 0.843. The van der Waals surface area contributed by atoms with Crippen LogP contribution in [0.2, 0.25) is 0 Å². The van der Waals surface area contributed by atoms with Gasteiger partial charge < -0.3 is 10.2 Å². The Balaban J connectivity index is 1.95. The van der Waals surface area contributed by atoms with Gasteiger partial charge in [-0.15, -0.1) is 0 Å². The molecule has 1 aromatic carbocycles. The molecule has 0 amide bonds. The Kier molecular flexibility index (Phi) is 5.55. The maximum absolute atomic E-state index is 4.56. The maximum Gasteiger partial charge on any atom is 0.224 e. The predicted octanol–water partition coefficient (Wildman–Crippen LogP) is 3.63. The largest absolute Gasteiger partial charge is 0.360 e. The molecule has 21 heavy (non-hydrogen) atoms. The third-order valence-electron chi connectivity index (χ3n) is 3.45. The van der Waals surface area contributed by atoms with Crippen molar-refractivity contribution in [1.29, 1.82) is 0 Å². The Morgan fingerprint density at radius 1 is 1.14 bits per heavy atom. The van der Waals surface area contributed by atoms with E-state index in [4.69, 9.17) is 0 Å². The van der Waals surface area contributed by atoms with Crippen LogP contribution in [-0.2, 0) is 6.54 Å². The van der Waals surface area contributed by atoms with Crippen LogP contribution in [0.1, 0.15) is 30.9 Å². The number of hydrogen-bond donors (Lipinski definition) is 1. The van der Waals surface area contributed by atoms with E-state index < -0.39 is 0 Å². The van der Waals surface area contributed by atoms with Gasteiger partial charge in [0.05, 0.1) is 0 Å². The van der Waals surface area contributed by atoms with Crippen LogP contribution < -0.4 is 10.2 Å². The summed E-state index contributed by atoms with van der Waals surface area (Å²) >= 11 is 0. The molecule has 0 aliphatic carbocycles. The van der Waals surface area contributed by atoms with Gasteiger partial charge in [-0.1, -0.05) is 43.2 Å². The summed E-state index contributed by atoms with van der Waals surface area (Å²) in [7, 11) is 2.07. The van der Waals surface area contributed by atoms with E-state index in [1.807, 2.05) is 12.3 Å². The molecular weight excluding hydrogens is 260 g/mol. The number of rotatable bonds is 7. The number of nitrogens with one attached hydrogen (secondary N) is 1. The lowest BCUT2D eigenvalue weighted by atomic mass is 10.1. The van der Waals surface area contributed by atoms with Crippen molar-refractivity contribution in [2.45, 2.75) is 33.2 Å². The summed E-state index contributed by atoms with van der Waals surface area (Å²) in [5, 5.41) is 3.28. The molecule has 0 atom stereocenters. The summed E-state index contributed by atoms with van der Waals surface area (Å²) < 4.78 is 0. The molecule has 1 N–H and O–H groups in total. The molecule has 0 unspecified atom stereocenters. The van der Waals surface area contributed by atoms with Crippen LogP contribution in [0, 0.1) is 6.92 Å². The third kappa shape index (κ3) is 4.74. The summed E-state index contributed by atoms with van der Waals surface area (Å²) in [6.45, 7) is 6.05. The molecule has 0 saturated heterocycles. The first kappa shape index (κ1) is 15.3. The topological polar surface area (TPSA) is 41.1 Å². The number of nitrogens with zero attached hydrogens (tertiary/aromatic N) is 3. The van der Waals surface area contributed by atoms with Crippen molar-refractivity contribution in [3.05, 3.63) is 47.7 Å². The second kappa shape index (κ2) is 7.62. The lowest BCUT2D eigenvalue weighted by molar-refractivity contribution is 0.758. The van der Waals surface area contributed by atoms with Gasteiger partial charge in [0.1, 0.15) is 5.82 Å². The molecule has 0 fully saturated rings. The van der Waals surface area contributed by atoms with Crippen molar-refractivity contribution in [1.82, 2.24) is 9.97 Å². The highest BCUT2D eigenvalue weighted by molar-refractivity contribution is 5.42. The number of aromatic nitrogens is 2. The highest BCUT2D eigenvalue weighted by atomic mass is 15.2. The number of unbranched alkanes of at least 4 members (excludes halogenated alkanes) is 1. The SMILES string of the molecule is CCCCN(C)c1ccnc(NCc2ccc(C)cc2)n1. The average Bonchev–Trinajstić information content (AvgIpc) is 2.52. The van der Waals surface area contributed by atoms with Gasteiger partial charge in [-0.05, 0) is 25.0 Å². The zero-order valence-corrected chi connectivity index (χ0v) is 13.1. The van der Waals surface area contributed by atoms with Crippen LogP contribution in [-0.4, -0.2) is 23.6 Å². The average molecular weight is 284 g/mol. The van der Waals surface area contributed by atoms with Crippen molar-refractivity contribution in [3.8, 4) is 0 Å². The zero-order valence-electron chi connectivity index (χ0n) is 13.1. The lowest BCUT2D eigenvalue weighted by Crippen LogP contribution is -2.20. The first-order chi connectivity index (χ1) is 10.2. The fraction of sp³-hybridized carbons (Fsp3) is 0.412. The van der Waals surface area contributed by atoms with Crippen LogP contribution in [0.25, 0.3) is 0 Å². The van der Waals surface area contributed by atoms with Crippen LogP contribution in [0.4, 0.5) is 11.8 Å². The molecule has 0 radical (unpaired) electrons. The Morgan fingerprint density at radius 2 is 1.90 bits per heavy atom. The van der Waals surface area contributed by atoms with Crippen molar-refractivity contribution in [2.75, 3.05) is 23.8 Å². The first-order valence-corrected chi connectivity index (χ1v) is 7.52. The van der Waals surface area contributed by atoms with Crippen LogP contribution in [0.3, 0.4) is 0 Å². The van der Waals surface area contributed by atoms with Gasteiger partial charge in [0.2, 0.25) is 5.95 Å². The van der Waals surface area contributed by atoms with Gasteiger partial charge in [0.15, 0.2) is 0 Å². The highest BCUT2D eigenvalue weighted by Crippen LogP contribution is 2.12. The van der Waals surface area contributed by atoms with Gasteiger partial charge in [0, 0.05) is 26.3 Å². The molecule has 0 aliphatic rings. The van der Waals surface area contributed by atoms with E-state index in [0.29, 0.717) is 5.95 Å². The van der Waals surface area contributed by atoms with E-state index in [2.05, 4.69) is 65.3 Å². The van der Waals surface area contributed by atoms with Crippen molar-refractivity contribution < 1.29 is 0 Å². The van der Waals surface area contributed by atoms with E-state index in [0.717, 1.165) is 18.9 Å². The summed E-state index contributed by atoms with van der Waals surface area (Å²) in [6, 6.07) is 10.4. The van der Waals surface area contributed by atoms with E-state index >= 15 is 0 Å². The normalized spacial score (nSPS) is 10.4. The molecule has 0 bridgehead atoms. The molecule has 4 heteroatoms. The van der Waals surface area contributed by atoms with Crippen molar-refractivity contribution >= 4 is 11.8 Å². The van der Waals surface area contributed by atoms with E-state index in [-0.39, 0.29) is 0 Å². The number of aryl methyl sites for hydroxylation is 1. The van der Waals surface area contributed by atoms with Crippen LogP contribution in [0.5, 0.6) is 0 Å². The third-order valence-corrected chi connectivity index (χ3v) is 3.45. The van der Waals surface area contributed by atoms with E-state index in [9.17, 15) is 0 Å². The predicted molar refractivity (Wildman–Crippen MR) is 88.7 cm³/mol. The van der Waals surface area contributed by atoms with Crippen LogP contribution in [0.15, 0.2) is 36.5 Å². The Labute approximate surface area is 127 Å². The fourth-order valence-corrected chi connectivity index (χ4v) is 2.04. The molecule has 1 aromatic heterocycles. The minimum atomic E-state index is 0.677. The van der Waals surface area contributed by atoms with Gasteiger partial charge in [-0.2, -0.15) is 4.98 Å². The molecule has 2 rings (SSSR count). The molecule has 0 spiro atoms. The molecule has 0 aliphatic heterocycles. The van der Waals surface area contributed by atoms with Crippen molar-refractivity contribution in [3.63, 3.8) is 0 Å². The molecule has 4 nitrogen and oxygen atoms in total. The van der Waals surface area contributed by atoms with Crippen molar-refractivity contribution in [2.24, 2.45) is 0 Å². The molecule has 1 heterocycles. The van der Waals surface area contributed by atoms with Gasteiger partial charge in [0.25, 0.3) is 0 Å². The second-order valence-electron chi connectivity index (χ2n) is 5.35. The van der Waals surface area contributed by atoms with E-state index in [1.165, 1.54) is 24.0 Å². The Morgan fingerprint density at radius 3 is 2.62 bits per heavy atom. The first-order valence-electron chi connectivity index (χ1n) is 7.52. The number of anilines is 2. The molecular formula is C17H24N4. The lowest BCUT2D eigenvalue weighted by Gasteiger charge is -2.18. The fourth-order valence-electron chi connectivity index (χ4n) is 2.04. The summed E-state index contributed by atoms with van der Waals surface area (Å²) in [6.07, 6.45) is 4.17. The van der Waals surface area contributed by atoms with Crippen LogP contribution >= 0.6 is 0 Å². The maximum atomic E-state index is 4.56. The molecule has 0 saturated carbocycles. The Hall–Kier alpha value is -2.10. The number of benzene rings is 1. The summed E-state index contributed by atoms with van der Waals surface area (Å²) in [5.74, 6) is 1.64. The summed E-state index contributed by atoms with van der Waals surface area (Å²) in [5.41, 5.74) is 2.50. The highest BCUT2D eigenvalue weighted by Gasteiger charge is 2.04. The molecule has 2 aromatic rings. The van der Waals surface area contributed by atoms with E-state index in [1.54, 1.807) is 0 Å². The van der Waals surface area contributed by atoms with Gasteiger partial charge in [-0.25, -0.2) is 4.98 Å². The Bertz CT molecular complexity index is 551. The smallest absolute Gasteiger partial charge is 0.224 e. The minimum Gasteiger partial charge on any atom is -0.360 e.